The number of rotatable bonds is 5. The Labute approximate surface area is 158 Å². The van der Waals surface area contributed by atoms with Gasteiger partial charge in [-0.1, -0.05) is 12.1 Å². The van der Waals surface area contributed by atoms with E-state index in [0.29, 0.717) is 0 Å². The van der Waals surface area contributed by atoms with Gasteiger partial charge in [-0.05, 0) is 37.3 Å². The number of aromatic nitrogens is 1. The predicted molar refractivity (Wildman–Crippen MR) is 97.4 cm³/mol. The summed E-state index contributed by atoms with van der Waals surface area (Å²) in [7, 11) is 1.59. The highest BCUT2D eigenvalue weighted by Gasteiger charge is 2.22. The first-order valence-electron chi connectivity index (χ1n) is 8.10. The Morgan fingerprint density at radius 1 is 1.19 bits per heavy atom. The SMILES string of the molecule is C[C@H](c1nc2ccccc2s1)N(C)C(=O)COC(=O)c1ccc(F)c(F)c1. The second kappa shape index (κ2) is 7.79. The average Bonchev–Trinajstić information content (AvgIpc) is 3.11. The summed E-state index contributed by atoms with van der Waals surface area (Å²) in [4.78, 5) is 30.2. The van der Waals surface area contributed by atoms with Gasteiger partial charge in [-0.3, -0.25) is 4.79 Å². The minimum atomic E-state index is -1.16. The number of para-hydroxylation sites is 1. The number of carbonyl (C=O) groups excluding carboxylic acids is 2. The summed E-state index contributed by atoms with van der Waals surface area (Å²) >= 11 is 1.49. The molecule has 27 heavy (non-hydrogen) atoms. The molecule has 0 saturated heterocycles. The van der Waals surface area contributed by atoms with Crippen molar-refractivity contribution in [2.45, 2.75) is 13.0 Å². The Balaban J connectivity index is 1.62. The van der Waals surface area contributed by atoms with Crippen molar-refractivity contribution >= 4 is 33.4 Å². The molecule has 0 aliphatic carbocycles. The van der Waals surface area contributed by atoms with E-state index < -0.39 is 30.1 Å². The second-order valence-electron chi connectivity index (χ2n) is 5.91. The third-order valence-corrected chi connectivity index (χ3v) is 5.33. The Morgan fingerprint density at radius 2 is 1.93 bits per heavy atom. The van der Waals surface area contributed by atoms with Crippen molar-refractivity contribution in [3.05, 3.63) is 64.7 Å². The topological polar surface area (TPSA) is 59.5 Å². The molecule has 0 fully saturated rings. The fraction of sp³-hybridized carbons (Fsp3) is 0.211. The summed E-state index contributed by atoms with van der Waals surface area (Å²) in [5.74, 6) is -3.55. The number of thiazole rings is 1. The Kier molecular flexibility index (Phi) is 5.46. The molecule has 0 aliphatic heterocycles. The molecule has 1 atom stereocenters. The van der Waals surface area contributed by atoms with E-state index in [1.807, 2.05) is 31.2 Å². The lowest BCUT2D eigenvalue weighted by molar-refractivity contribution is -0.135. The van der Waals surface area contributed by atoms with Crippen molar-refractivity contribution in [1.29, 1.82) is 0 Å². The van der Waals surface area contributed by atoms with Gasteiger partial charge in [0.2, 0.25) is 0 Å². The van der Waals surface area contributed by atoms with Crippen molar-refractivity contribution < 1.29 is 23.1 Å². The molecule has 0 radical (unpaired) electrons. The van der Waals surface area contributed by atoms with Gasteiger partial charge < -0.3 is 9.64 Å². The maximum atomic E-state index is 13.2. The van der Waals surface area contributed by atoms with Crippen molar-refractivity contribution in [1.82, 2.24) is 9.88 Å². The number of esters is 1. The van der Waals surface area contributed by atoms with E-state index in [-0.39, 0.29) is 11.6 Å². The van der Waals surface area contributed by atoms with Gasteiger partial charge in [0.05, 0.1) is 21.8 Å². The molecule has 0 spiro atoms. The van der Waals surface area contributed by atoms with Crippen LogP contribution in [0.5, 0.6) is 0 Å². The number of likely N-dealkylation sites (N-methyl/N-ethyl adjacent to an activating group) is 1. The molecule has 0 unspecified atom stereocenters. The first-order valence-corrected chi connectivity index (χ1v) is 8.91. The molecule has 8 heteroatoms. The average molecular weight is 390 g/mol. The van der Waals surface area contributed by atoms with Crippen molar-refractivity contribution in [2.24, 2.45) is 0 Å². The maximum Gasteiger partial charge on any atom is 0.338 e. The summed E-state index contributed by atoms with van der Waals surface area (Å²) in [5, 5.41) is 0.763. The molecule has 3 rings (SSSR count). The maximum absolute atomic E-state index is 13.2. The van der Waals surface area contributed by atoms with Crippen molar-refractivity contribution in [3.8, 4) is 0 Å². The second-order valence-corrected chi connectivity index (χ2v) is 6.97. The van der Waals surface area contributed by atoms with Crippen LogP contribution in [-0.4, -0.2) is 35.4 Å². The highest BCUT2D eigenvalue weighted by Crippen LogP contribution is 2.28. The molecular weight excluding hydrogens is 374 g/mol. The van der Waals surface area contributed by atoms with Gasteiger partial charge in [0.1, 0.15) is 5.01 Å². The fourth-order valence-electron chi connectivity index (χ4n) is 2.39. The zero-order chi connectivity index (χ0) is 19.6. The molecule has 0 aliphatic rings. The Morgan fingerprint density at radius 3 is 2.63 bits per heavy atom. The Bertz CT molecular complexity index is 973. The third-order valence-electron chi connectivity index (χ3n) is 4.12. The van der Waals surface area contributed by atoms with E-state index in [2.05, 4.69) is 4.98 Å². The lowest BCUT2D eigenvalue weighted by atomic mass is 10.2. The van der Waals surface area contributed by atoms with Crippen molar-refractivity contribution in [2.75, 3.05) is 13.7 Å². The monoisotopic (exact) mass is 390 g/mol. The van der Waals surface area contributed by atoms with Crippen LogP contribution in [-0.2, 0) is 9.53 Å². The minimum absolute atomic E-state index is 0.163. The van der Waals surface area contributed by atoms with E-state index in [0.717, 1.165) is 33.4 Å². The van der Waals surface area contributed by atoms with Gasteiger partial charge in [0.25, 0.3) is 5.91 Å². The number of amides is 1. The zero-order valence-corrected chi connectivity index (χ0v) is 15.4. The van der Waals surface area contributed by atoms with Crippen LogP contribution < -0.4 is 0 Å². The quantitative estimate of drug-likeness (QED) is 0.619. The molecule has 3 aromatic rings. The Hall–Kier alpha value is -2.87. The van der Waals surface area contributed by atoms with Crippen LogP contribution in [0.25, 0.3) is 10.2 Å². The third kappa shape index (κ3) is 4.11. The molecule has 0 saturated carbocycles. The number of ether oxygens (including phenoxy) is 1. The summed E-state index contributed by atoms with van der Waals surface area (Å²) in [5.41, 5.74) is 0.693. The van der Waals surface area contributed by atoms with Crippen LogP contribution in [0, 0.1) is 11.6 Å². The van der Waals surface area contributed by atoms with Crippen LogP contribution in [0.3, 0.4) is 0 Å². The van der Waals surface area contributed by atoms with Gasteiger partial charge in [-0.15, -0.1) is 11.3 Å². The van der Waals surface area contributed by atoms with Gasteiger partial charge in [-0.2, -0.15) is 0 Å². The first-order chi connectivity index (χ1) is 12.9. The lowest BCUT2D eigenvalue weighted by Crippen LogP contribution is -2.33. The van der Waals surface area contributed by atoms with E-state index in [4.69, 9.17) is 4.74 Å². The van der Waals surface area contributed by atoms with Crippen LogP contribution in [0.2, 0.25) is 0 Å². The summed E-state index contributed by atoms with van der Waals surface area (Å²) < 4.78 is 32.0. The van der Waals surface area contributed by atoms with E-state index in [1.54, 1.807) is 7.05 Å². The summed E-state index contributed by atoms with van der Waals surface area (Å²) in [6, 6.07) is 10.0. The van der Waals surface area contributed by atoms with Crippen LogP contribution in [0.15, 0.2) is 42.5 Å². The smallest absolute Gasteiger partial charge is 0.338 e. The largest absolute Gasteiger partial charge is 0.452 e. The van der Waals surface area contributed by atoms with Crippen LogP contribution in [0.4, 0.5) is 8.78 Å². The number of hydrogen-bond donors (Lipinski definition) is 0. The molecule has 0 bridgehead atoms. The number of benzene rings is 2. The van der Waals surface area contributed by atoms with E-state index in [1.165, 1.54) is 16.2 Å². The van der Waals surface area contributed by atoms with E-state index in [9.17, 15) is 18.4 Å². The van der Waals surface area contributed by atoms with Crippen molar-refractivity contribution in [3.63, 3.8) is 0 Å². The number of carbonyl (C=O) groups is 2. The molecular formula is C19H16F2N2O3S. The molecule has 1 aromatic heterocycles. The number of fused-ring (bicyclic) bond motifs is 1. The molecule has 5 nitrogen and oxygen atoms in total. The van der Waals surface area contributed by atoms with Crippen LogP contribution in [0.1, 0.15) is 28.3 Å². The lowest BCUT2D eigenvalue weighted by Gasteiger charge is -2.23. The zero-order valence-electron chi connectivity index (χ0n) is 14.6. The van der Waals surface area contributed by atoms with Gasteiger partial charge in [-0.25, -0.2) is 18.6 Å². The summed E-state index contributed by atoms with van der Waals surface area (Å²) in [6.07, 6.45) is 0. The minimum Gasteiger partial charge on any atom is -0.452 e. The number of nitrogens with zero attached hydrogens (tertiary/aromatic N) is 2. The standard InChI is InChI=1S/C19H16F2N2O3S/c1-11(18-22-15-5-3-4-6-16(15)27-18)23(2)17(24)10-26-19(25)12-7-8-13(20)14(21)9-12/h3-9,11H,10H2,1-2H3/t11-/m1/s1. The normalized spacial score (nSPS) is 12.0. The molecule has 1 amide bonds. The number of halogens is 2. The number of hydrogen-bond acceptors (Lipinski definition) is 5. The van der Waals surface area contributed by atoms with E-state index >= 15 is 0 Å². The highest BCUT2D eigenvalue weighted by molar-refractivity contribution is 7.18. The van der Waals surface area contributed by atoms with Gasteiger partial charge in [0.15, 0.2) is 18.2 Å². The van der Waals surface area contributed by atoms with Gasteiger partial charge in [0, 0.05) is 7.05 Å². The summed E-state index contributed by atoms with van der Waals surface area (Å²) in [6.45, 7) is 1.32. The molecule has 0 N–H and O–H groups in total. The molecule has 140 valence electrons. The van der Waals surface area contributed by atoms with Gasteiger partial charge >= 0.3 is 5.97 Å². The predicted octanol–water partition coefficient (Wildman–Crippen LogP) is 3.95. The molecule has 1 heterocycles. The highest BCUT2D eigenvalue weighted by atomic mass is 32.1. The first kappa shape index (κ1) is 18.9. The van der Waals surface area contributed by atoms with Crippen LogP contribution >= 0.6 is 11.3 Å². The molecule has 2 aromatic carbocycles. The fourth-order valence-corrected chi connectivity index (χ4v) is 3.45.